The number of nitrogens with zero attached hydrogens (tertiary/aromatic N) is 2. The average Bonchev–Trinajstić information content (AvgIpc) is 3.16. The zero-order valence-corrected chi connectivity index (χ0v) is 17.3. The predicted octanol–water partition coefficient (Wildman–Crippen LogP) is 3.71. The first kappa shape index (κ1) is 22.8. The fourth-order valence-corrected chi connectivity index (χ4v) is 4.19. The topological polar surface area (TPSA) is 45.2 Å². The molecule has 0 radical (unpaired) electrons. The summed E-state index contributed by atoms with van der Waals surface area (Å²) in [6.07, 6.45) is 1.67. The van der Waals surface area contributed by atoms with Crippen molar-refractivity contribution in [2.75, 3.05) is 26.7 Å². The van der Waals surface area contributed by atoms with E-state index in [4.69, 9.17) is 0 Å². The van der Waals surface area contributed by atoms with E-state index in [1.165, 1.54) is 23.5 Å². The molecule has 144 valence electrons. The van der Waals surface area contributed by atoms with Crippen LogP contribution in [0.15, 0.2) is 24.3 Å². The number of benzene rings is 1. The number of thiazole rings is 1. The summed E-state index contributed by atoms with van der Waals surface area (Å²) in [5.74, 6) is 0.384. The summed E-state index contributed by atoms with van der Waals surface area (Å²) in [5.41, 5.74) is 1.79. The molecule has 0 spiro atoms. The molecule has 1 unspecified atom stereocenters. The van der Waals surface area contributed by atoms with Crippen molar-refractivity contribution in [3.05, 3.63) is 51.2 Å². The molecule has 3 rings (SSSR count). The number of hydrogen-bond acceptors (Lipinski definition) is 4. The number of carbonyl (C=O) groups excluding carboxylic acids is 1. The number of aromatic nitrogens is 1. The highest BCUT2D eigenvalue weighted by Gasteiger charge is 2.28. The molecule has 1 aromatic carbocycles. The Kier molecular flexibility index (Phi) is 8.96. The zero-order chi connectivity index (χ0) is 17.1. The van der Waals surface area contributed by atoms with Crippen molar-refractivity contribution in [1.82, 2.24) is 15.2 Å². The smallest absolute Gasteiger partial charge is 0.265 e. The third-order valence-electron chi connectivity index (χ3n) is 4.37. The van der Waals surface area contributed by atoms with Crippen LogP contribution in [0.3, 0.4) is 0 Å². The maximum atomic E-state index is 13.0. The molecule has 0 bridgehead atoms. The predicted molar refractivity (Wildman–Crippen MR) is 108 cm³/mol. The van der Waals surface area contributed by atoms with Gasteiger partial charge in [0, 0.05) is 19.5 Å². The van der Waals surface area contributed by atoms with E-state index in [-0.39, 0.29) is 36.5 Å². The number of carbonyl (C=O) groups is 1. The van der Waals surface area contributed by atoms with Gasteiger partial charge in [-0.2, -0.15) is 0 Å². The van der Waals surface area contributed by atoms with Gasteiger partial charge >= 0.3 is 0 Å². The number of rotatable bonds is 5. The summed E-state index contributed by atoms with van der Waals surface area (Å²) in [5, 5.41) is 4.08. The highest BCUT2D eigenvalue weighted by atomic mass is 35.5. The fraction of sp³-hybridized carbons (Fsp3) is 0.444. The Morgan fingerprint density at radius 1 is 1.35 bits per heavy atom. The van der Waals surface area contributed by atoms with Gasteiger partial charge in [0.15, 0.2) is 0 Å². The van der Waals surface area contributed by atoms with Crippen LogP contribution in [0.1, 0.15) is 32.4 Å². The van der Waals surface area contributed by atoms with E-state index in [9.17, 15) is 9.18 Å². The van der Waals surface area contributed by atoms with Gasteiger partial charge in [-0.3, -0.25) is 4.79 Å². The van der Waals surface area contributed by atoms with Crippen LogP contribution < -0.4 is 5.32 Å². The molecular weight excluding hydrogens is 396 g/mol. The molecule has 2 heterocycles. The monoisotopic (exact) mass is 419 g/mol. The molecule has 1 saturated heterocycles. The summed E-state index contributed by atoms with van der Waals surface area (Å²) in [6, 6.07) is 6.43. The molecule has 1 amide bonds. The summed E-state index contributed by atoms with van der Waals surface area (Å²) in [6.45, 7) is 4.46. The summed E-state index contributed by atoms with van der Waals surface area (Å²) in [4.78, 5) is 20.0. The van der Waals surface area contributed by atoms with Crippen LogP contribution >= 0.6 is 36.2 Å². The second-order valence-corrected chi connectivity index (χ2v) is 7.37. The van der Waals surface area contributed by atoms with Gasteiger partial charge in [-0.05, 0) is 50.6 Å². The van der Waals surface area contributed by atoms with Gasteiger partial charge in [-0.25, -0.2) is 9.37 Å². The molecule has 1 atom stereocenters. The number of halogens is 3. The summed E-state index contributed by atoms with van der Waals surface area (Å²) in [7, 11) is 1.94. The quantitative estimate of drug-likeness (QED) is 0.802. The van der Waals surface area contributed by atoms with Crippen molar-refractivity contribution < 1.29 is 9.18 Å². The highest BCUT2D eigenvalue weighted by molar-refractivity contribution is 7.13. The van der Waals surface area contributed by atoms with E-state index in [2.05, 4.69) is 10.3 Å². The van der Waals surface area contributed by atoms with E-state index < -0.39 is 0 Å². The lowest BCUT2D eigenvalue weighted by molar-refractivity contribution is 0.0791. The van der Waals surface area contributed by atoms with Crippen LogP contribution in [0, 0.1) is 18.7 Å². The lowest BCUT2D eigenvalue weighted by Crippen LogP contribution is -2.30. The standard InChI is InChI=1S/C18H22FN3OS.2ClH/c1-12-17(18(23)22-8-7-14(11-22)10-20-2)24-16(21-12)9-13-3-5-15(19)6-4-13;;/h3-6,14,20H,7-11H2,1-2H3;2*1H. The largest absolute Gasteiger partial charge is 0.338 e. The molecule has 4 nitrogen and oxygen atoms in total. The van der Waals surface area contributed by atoms with Crippen LogP contribution in [0.2, 0.25) is 0 Å². The normalized spacial score (nSPS) is 16.1. The van der Waals surface area contributed by atoms with E-state index >= 15 is 0 Å². The second-order valence-electron chi connectivity index (χ2n) is 6.29. The first-order chi connectivity index (χ1) is 11.6. The minimum atomic E-state index is -0.241. The Bertz CT molecular complexity index is 724. The van der Waals surface area contributed by atoms with Gasteiger partial charge < -0.3 is 10.2 Å². The van der Waals surface area contributed by atoms with E-state index in [1.807, 2.05) is 18.9 Å². The van der Waals surface area contributed by atoms with Crippen molar-refractivity contribution >= 4 is 42.1 Å². The van der Waals surface area contributed by atoms with E-state index in [1.54, 1.807) is 12.1 Å². The SMILES string of the molecule is CNCC1CCN(C(=O)c2sc(Cc3ccc(F)cc3)nc2C)C1.Cl.Cl. The van der Waals surface area contributed by atoms with Gasteiger partial charge in [0.25, 0.3) is 5.91 Å². The first-order valence-corrected chi connectivity index (χ1v) is 9.03. The van der Waals surface area contributed by atoms with Crippen molar-refractivity contribution in [3.8, 4) is 0 Å². The first-order valence-electron chi connectivity index (χ1n) is 8.21. The third kappa shape index (κ3) is 5.39. The van der Waals surface area contributed by atoms with Crippen molar-refractivity contribution in [2.24, 2.45) is 5.92 Å². The molecule has 2 aromatic rings. The molecule has 1 fully saturated rings. The van der Waals surface area contributed by atoms with E-state index in [0.717, 1.165) is 47.2 Å². The molecule has 1 aliphatic rings. The molecule has 1 aliphatic heterocycles. The van der Waals surface area contributed by atoms with Crippen molar-refractivity contribution in [2.45, 2.75) is 19.8 Å². The molecule has 0 aliphatic carbocycles. The third-order valence-corrected chi connectivity index (χ3v) is 5.52. The van der Waals surface area contributed by atoms with Gasteiger partial charge in [0.2, 0.25) is 0 Å². The van der Waals surface area contributed by atoms with Crippen LogP contribution in [-0.2, 0) is 6.42 Å². The lowest BCUT2D eigenvalue weighted by Gasteiger charge is -2.15. The maximum Gasteiger partial charge on any atom is 0.265 e. The van der Waals surface area contributed by atoms with Gasteiger partial charge in [0.1, 0.15) is 10.7 Å². The van der Waals surface area contributed by atoms with Crippen molar-refractivity contribution in [3.63, 3.8) is 0 Å². The second kappa shape index (κ2) is 10.2. The van der Waals surface area contributed by atoms with Crippen LogP contribution in [-0.4, -0.2) is 42.5 Å². The molecular formula is C18H24Cl2FN3OS. The maximum absolute atomic E-state index is 13.0. The number of amides is 1. The summed E-state index contributed by atoms with van der Waals surface area (Å²) < 4.78 is 13.0. The van der Waals surface area contributed by atoms with Gasteiger partial charge in [-0.15, -0.1) is 36.2 Å². The average molecular weight is 420 g/mol. The Balaban J connectivity index is 0.00000169. The number of likely N-dealkylation sites (tertiary alicyclic amines) is 1. The number of hydrogen-bond donors (Lipinski definition) is 1. The van der Waals surface area contributed by atoms with Gasteiger partial charge in [-0.1, -0.05) is 12.1 Å². The van der Waals surface area contributed by atoms with E-state index in [0.29, 0.717) is 12.3 Å². The lowest BCUT2D eigenvalue weighted by atomic mass is 10.1. The van der Waals surface area contributed by atoms with Crippen LogP contribution in [0.5, 0.6) is 0 Å². The minimum absolute atomic E-state index is 0. The Morgan fingerprint density at radius 2 is 2.04 bits per heavy atom. The fourth-order valence-electron chi connectivity index (χ4n) is 3.12. The Morgan fingerprint density at radius 3 is 2.69 bits per heavy atom. The molecule has 1 aromatic heterocycles. The zero-order valence-electron chi connectivity index (χ0n) is 14.8. The molecule has 0 saturated carbocycles. The Labute approximate surface area is 170 Å². The molecule has 8 heteroatoms. The summed E-state index contributed by atoms with van der Waals surface area (Å²) >= 11 is 1.46. The Hall–Kier alpha value is -1.21. The van der Waals surface area contributed by atoms with Crippen molar-refractivity contribution in [1.29, 1.82) is 0 Å². The number of aryl methyl sites for hydroxylation is 1. The van der Waals surface area contributed by atoms with Crippen LogP contribution in [0.25, 0.3) is 0 Å². The minimum Gasteiger partial charge on any atom is -0.338 e. The van der Waals surface area contributed by atoms with Crippen LogP contribution in [0.4, 0.5) is 4.39 Å². The number of nitrogens with one attached hydrogen (secondary N) is 1. The molecule has 1 N–H and O–H groups in total. The van der Waals surface area contributed by atoms with Gasteiger partial charge in [0.05, 0.1) is 10.7 Å². The highest BCUT2D eigenvalue weighted by Crippen LogP contribution is 2.25. The molecule has 26 heavy (non-hydrogen) atoms.